The second-order valence-corrected chi connectivity index (χ2v) is 7.18. The molecule has 0 aliphatic rings. The molecule has 21 heavy (non-hydrogen) atoms. The van der Waals surface area contributed by atoms with E-state index in [0.717, 1.165) is 25.9 Å². The molecule has 0 spiro atoms. The Morgan fingerprint density at radius 3 is 2.48 bits per heavy atom. The number of sulfonamides is 1. The van der Waals surface area contributed by atoms with Gasteiger partial charge in [0.2, 0.25) is 10.0 Å². The van der Waals surface area contributed by atoms with Crippen molar-refractivity contribution < 1.29 is 8.42 Å². The Morgan fingerprint density at radius 1 is 1.14 bits per heavy atom. The highest BCUT2D eigenvalue weighted by molar-refractivity contribution is 7.89. The molecule has 120 valence electrons. The minimum atomic E-state index is -3.15. The van der Waals surface area contributed by atoms with E-state index in [1.807, 2.05) is 18.2 Å². The van der Waals surface area contributed by atoms with Gasteiger partial charge in [0, 0.05) is 31.2 Å². The molecule has 0 heterocycles. The average Bonchev–Trinajstić information content (AvgIpc) is 2.48. The number of anilines is 1. The summed E-state index contributed by atoms with van der Waals surface area (Å²) in [6, 6.07) is 10.2. The third kappa shape index (κ3) is 7.69. The molecular formula is C15H25ClN2O2S. The summed E-state index contributed by atoms with van der Waals surface area (Å²) in [6.07, 6.45) is 2.14. The summed E-state index contributed by atoms with van der Waals surface area (Å²) in [7, 11) is -3.15. The zero-order valence-electron chi connectivity index (χ0n) is 12.6. The Morgan fingerprint density at radius 2 is 1.86 bits per heavy atom. The molecule has 6 heteroatoms. The second kappa shape index (κ2) is 10.0. The van der Waals surface area contributed by atoms with Gasteiger partial charge in [-0.25, -0.2) is 13.1 Å². The molecule has 0 amide bonds. The molecule has 4 nitrogen and oxygen atoms in total. The van der Waals surface area contributed by atoms with Crippen molar-refractivity contribution in [1.29, 1.82) is 0 Å². The van der Waals surface area contributed by atoms with Crippen molar-refractivity contribution in [3.05, 3.63) is 30.3 Å². The molecule has 1 aromatic rings. The van der Waals surface area contributed by atoms with Crippen LogP contribution in [-0.2, 0) is 10.0 Å². The summed E-state index contributed by atoms with van der Waals surface area (Å²) in [6.45, 7) is 4.33. The van der Waals surface area contributed by atoms with Crippen molar-refractivity contribution in [2.75, 3.05) is 36.2 Å². The van der Waals surface area contributed by atoms with E-state index in [9.17, 15) is 8.42 Å². The molecule has 1 aromatic carbocycles. The molecule has 0 aromatic heterocycles. The highest BCUT2D eigenvalue weighted by Gasteiger charge is 2.09. The van der Waals surface area contributed by atoms with Gasteiger partial charge >= 0.3 is 0 Å². The molecule has 0 fully saturated rings. The number of rotatable bonds is 11. The minimum Gasteiger partial charge on any atom is -0.372 e. The zero-order valence-corrected chi connectivity index (χ0v) is 14.2. The fourth-order valence-electron chi connectivity index (χ4n) is 2.06. The maximum atomic E-state index is 11.7. The first kappa shape index (κ1) is 18.3. The second-order valence-electron chi connectivity index (χ2n) is 4.88. The van der Waals surface area contributed by atoms with Crippen LogP contribution in [0.2, 0.25) is 0 Å². The predicted octanol–water partition coefficient (Wildman–Crippen LogP) is 2.84. The smallest absolute Gasteiger partial charge is 0.211 e. The van der Waals surface area contributed by atoms with Crippen LogP contribution in [0.3, 0.4) is 0 Å². The summed E-state index contributed by atoms with van der Waals surface area (Å²) < 4.78 is 26.1. The standard InChI is InChI=1S/C15H25ClN2O2S/c1-2-18(15-9-4-3-5-10-15)13-8-12-17-21(19,20)14-7-6-11-16/h3-5,9-10,17H,2,6-8,11-14H2,1H3. The molecule has 0 saturated carbocycles. The SMILES string of the molecule is CCN(CCCNS(=O)(=O)CCCCCl)c1ccccc1. The fraction of sp³-hybridized carbons (Fsp3) is 0.600. The van der Waals surface area contributed by atoms with Gasteiger partial charge in [-0.15, -0.1) is 11.6 Å². The first-order valence-corrected chi connectivity index (χ1v) is 9.61. The Balaban J connectivity index is 2.29. The Labute approximate surface area is 133 Å². The van der Waals surface area contributed by atoms with Gasteiger partial charge < -0.3 is 4.90 Å². The quantitative estimate of drug-likeness (QED) is 0.501. The van der Waals surface area contributed by atoms with Crippen molar-refractivity contribution in [3.8, 4) is 0 Å². The van der Waals surface area contributed by atoms with Crippen LogP contribution in [-0.4, -0.2) is 39.7 Å². The molecule has 0 radical (unpaired) electrons. The van der Waals surface area contributed by atoms with Crippen LogP contribution in [0, 0.1) is 0 Å². The number of alkyl halides is 1. The summed E-state index contributed by atoms with van der Waals surface area (Å²) in [5.74, 6) is 0.675. The molecule has 0 unspecified atom stereocenters. The number of nitrogens with one attached hydrogen (secondary N) is 1. The first-order chi connectivity index (χ1) is 10.1. The third-order valence-electron chi connectivity index (χ3n) is 3.23. The van der Waals surface area contributed by atoms with Crippen molar-refractivity contribution in [2.24, 2.45) is 0 Å². The number of hydrogen-bond donors (Lipinski definition) is 1. The molecule has 0 aliphatic carbocycles. The van der Waals surface area contributed by atoms with Gasteiger partial charge in [0.25, 0.3) is 0 Å². The van der Waals surface area contributed by atoms with Crippen LogP contribution in [0.4, 0.5) is 5.69 Å². The van der Waals surface area contributed by atoms with E-state index in [0.29, 0.717) is 18.8 Å². The van der Waals surface area contributed by atoms with Crippen LogP contribution in [0.15, 0.2) is 30.3 Å². The van der Waals surface area contributed by atoms with Crippen molar-refractivity contribution in [1.82, 2.24) is 4.72 Å². The van der Waals surface area contributed by atoms with Gasteiger partial charge in [0.15, 0.2) is 0 Å². The Bertz CT molecular complexity index is 480. The summed E-state index contributed by atoms with van der Waals surface area (Å²) >= 11 is 5.55. The van der Waals surface area contributed by atoms with Crippen LogP contribution in [0.5, 0.6) is 0 Å². The van der Waals surface area contributed by atoms with E-state index < -0.39 is 10.0 Å². The fourth-order valence-corrected chi connectivity index (χ4v) is 3.44. The largest absolute Gasteiger partial charge is 0.372 e. The molecular weight excluding hydrogens is 308 g/mol. The van der Waals surface area contributed by atoms with Crippen LogP contribution < -0.4 is 9.62 Å². The van der Waals surface area contributed by atoms with Crippen LogP contribution in [0.25, 0.3) is 0 Å². The molecule has 0 bridgehead atoms. The topological polar surface area (TPSA) is 49.4 Å². The lowest BCUT2D eigenvalue weighted by atomic mass is 10.2. The Hall–Kier alpha value is -0.780. The van der Waals surface area contributed by atoms with E-state index in [1.165, 1.54) is 5.69 Å². The molecule has 1 rings (SSSR count). The number of halogens is 1. The zero-order chi connectivity index (χ0) is 15.6. The predicted molar refractivity (Wildman–Crippen MR) is 90.7 cm³/mol. The molecule has 0 aliphatic heterocycles. The van der Waals surface area contributed by atoms with E-state index in [4.69, 9.17) is 11.6 Å². The van der Waals surface area contributed by atoms with E-state index in [2.05, 4.69) is 28.7 Å². The summed E-state index contributed by atoms with van der Waals surface area (Å²) in [5.41, 5.74) is 1.17. The molecule has 0 saturated heterocycles. The lowest BCUT2D eigenvalue weighted by molar-refractivity contribution is 0.575. The number of nitrogens with zero attached hydrogens (tertiary/aromatic N) is 1. The number of hydrogen-bond acceptors (Lipinski definition) is 3. The van der Waals surface area contributed by atoms with Gasteiger partial charge in [-0.3, -0.25) is 0 Å². The maximum Gasteiger partial charge on any atom is 0.211 e. The summed E-state index contributed by atoms with van der Waals surface area (Å²) in [4.78, 5) is 2.24. The third-order valence-corrected chi connectivity index (χ3v) is 4.96. The normalized spacial score (nSPS) is 11.5. The van der Waals surface area contributed by atoms with E-state index in [-0.39, 0.29) is 5.75 Å². The maximum absolute atomic E-state index is 11.7. The monoisotopic (exact) mass is 332 g/mol. The van der Waals surface area contributed by atoms with Crippen LogP contribution in [0.1, 0.15) is 26.2 Å². The van der Waals surface area contributed by atoms with E-state index in [1.54, 1.807) is 0 Å². The average molecular weight is 333 g/mol. The molecule has 1 N–H and O–H groups in total. The number of benzene rings is 1. The Kier molecular flexibility index (Phi) is 8.73. The highest BCUT2D eigenvalue weighted by atomic mass is 35.5. The van der Waals surface area contributed by atoms with Gasteiger partial charge in [0.1, 0.15) is 0 Å². The van der Waals surface area contributed by atoms with Gasteiger partial charge in [-0.05, 0) is 38.3 Å². The van der Waals surface area contributed by atoms with Crippen molar-refractivity contribution in [2.45, 2.75) is 26.2 Å². The van der Waals surface area contributed by atoms with E-state index >= 15 is 0 Å². The van der Waals surface area contributed by atoms with Gasteiger partial charge in [-0.1, -0.05) is 18.2 Å². The van der Waals surface area contributed by atoms with Crippen molar-refractivity contribution in [3.63, 3.8) is 0 Å². The van der Waals surface area contributed by atoms with Crippen LogP contribution >= 0.6 is 11.6 Å². The van der Waals surface area contributed by atoms with Gasteiger partial charge in [-0.2, -0.15) is 0 Å². The highest BCUT2D eigenvalue weighted by Crippen LogP contribution is 2.12. The number of para-hydroxylation sites is 1. The number of unbranched alkanes of at least 4 members (excludes halogenated alkanes) is 1. The molecule has 0 atom stereocenters. The van der Waals surface area contributed by atoms with Gasteiger partial charge in [0.05, 0.1) is 5.75 Å². The van der Waals surface area contributed by atoms with Crippen molar-refractivity contribution >= 4 is 27.3 Å². The lowest BCUT2D eigenvalue weighted by Crippen LogP contribution is -2.31. The minimum absolute atomic E-state index is 0.163. The lowest BCUT2D eigenvalue weighted by Gasteiger charge is -2.23. The first-order valence-electron chi connectivity index (χ1n) is 7.42. The summed E-state index contributed by atoms with van der Waals surface area (Å²) in [5, 5.41) is 0.